The number of piperidine rings is 1. The molecule has 2 rings (SSSR count). The van der Waals surface area contributed by atoms with Gasteiger partial charge < -0.3 is 15.3 Å². The highest BCUT2D eigenvalue weighted by atomic mass is 16.3. The van der Waals surface area contributed by atoms with E-state index in [0.717, 1.165) is 39.0 Å². The summed E-state index contributed by atoms with van der Waals surface area (Å²) in [6.45, 7) is 5.83. The molecule has 1 saturated heterocycles. The molecule has 0 saturated carbocycles. The highest BCUT2D eigenvalue weighted by molar-refractivity contribution is 5.54. The van der Waals surface area contributed by atoms with E-state index in [9.17, 15) is 5.11 Å². The van der Waals surface area contributed by atoms with E-state index in [2.05, 4.69) is 41.4 Å². The maximum Gasteiger partial charge on any atom is 0.0715 e. The number of nitrogens with one attached hydrogen (secondary N) is 1. The molecule has 94 valence electrons. The summed E-state index contributed by atoms with van der Waals surface area (Å²) in [6, 6.07) is 8.48. The van der Waals surface area contributed by atoms with Crippen molar-refractivity contribution in [3.63, 3.8) is 0 Å². The van der Waals surface area contributed by atoms with E-state index < -0.39 is 0 Å². The standard InChI is InChI=1S/C14H22N2O/c1-2-15-10-12-6-3-4-8-14(12)16-9-5-7-13(17)11-16/h3-4,6,8,13,15,17H,2,5,7,9-11H2,1H3. The van der Waals surface area contributed by atoms with Crippen molar-refractivity contribution >= 4 is 5.69 Å². The number of β-amino-alcohol motifs (C(OH)–C–C–N with tert-alkyl or cyclic N) is 1. The molecular weight excluding hydrogens is 212 g/mol. The van der Waals surface area contributed by atoms with Crippen LogP contribution in [0.3, 0.4) is 0 Å². The predicted octanol–water partition coefficient (Wildman–Crippen LogP) is 1.76. The van der Waals surface area contributed by atoms with Crippen molar-refractivity contribution in [3.8, 4) is 0 Å². The number of para-hydroxylation sites is 1. The van der Waals surface area contributed by atoms with Gasteiger partial charge in [-0.1, -0.05) is 25.1 Å². The van der Waals surface area contributed by atoms with Gasteiger partial charge in [0.05, 0.1) is 6.10 Å². The minimum Gasteiger partial charge on any atom is -0.391 e. The van der Waals surface area contributed by atoms with E-state index in [1.54, 1.807) is 0 Å². The summed E-state index contributed by atoms with van der Waals surface area (Å²) in [4.78, 5) is 2.31. The molecule has 1 fully saturated rings. The lowest BCUT2D eigenvalue weighted by molar-refractivity contribution is 0.154. The first-order valence-electron chi connectivity index (χ1n) is 6.53. The molecule has 1 aromatic rings. The molecular formula is C14H22N2O. The van der Waals surface area contributed by atoms with Gasteiger partial charge in [-0.25, -0.2) is 0 Å². The molecule has 3 nitrogen and oxygen atoms in total. The Morgan fingerprint density at radius 2 is 2.24 bits per heavy atom. The molecule has 0 spiro atoms. The van der Waals surface area contributed by atoms with Crippen LogP contribution >= 0.6 is 0 Å². The van der Waals surface area contributed by atoms with Crippen molar-refractivity contribution in [2.24, 2.45) is 0 Å². The molecule has 1 unspecified atom stereocenters. The molecule has 1 atom stereocenters. The van der Waals surface area contributed by atoms with Crippen molar-refractivity contribution in [2.45, 2.75) is 32.4 Å². The molecule has 0 radical (unpaired) electrons. The molecule has 1 aliphatic rings. The fourth-order valence-corrected chi connectivity index (χ4v) is 2.40. The quantitative estimate of drug-likeness (QED) is 0.833. The third kappa shape index (κ3) is 3.20. The van der Waals surface area contributed by atoms with Crippen LogP contribution < -0.4 is 10.2 Å². The van der Waals surface area contributed by atoms with Gasteiger partial charge in [0.25, 0.3) is 0 Å². The van der Waals surface area contributed by atoms with Gasteiger partial charge in [-0.3, -0.25) is 0 Å². The van der Waals surface area contributed by atoms with Crippen molar-refractivity contribution in [1.29, 1.82) is 0 Å². The van der Waals surface area contributed by atoms with Crippen LogP contribution in [-0.2, 0) is 6.54 Å². The smallest absolute Gasteiger partial charge is 0.0715 e. The second-order valence-corrected chi connectivity index (χ2v) is 4.65. The van der Waals surface area contributed by atoms with E-state index >= 15 is 0 Å². The van der Waals surface area contributed by atoms with E-state index in [-0.39, 0.29) is 6.10 Å². The maximum atomic E-state index is 9.75. The molecule has 17 heavy (non-hydrogen) atoms. The minimum atomic E-state index is -0.170. The van der Waals surface area contributed by atoms with Crippen LogP contribution in [0.15, 0.2) is 24.3 Å². The number of hydrogen-bond donors (Lipinski definition) is 2. The van der Waals surface area contributed by atoms with Crippen LogP contribution in [0.5, 0.6) is 0 Å². The van der Waals surface area contributed by atoms with Crippen LogP contribution in [0.25, 0.3) is 0 Å². The number of rotatable bonds is 4. The molecule has 1 aromatic carbocycles. The van der Waals surface area contributed by atoms with E-state index in [0.29, 0.717) is 0 Å². The van der Waals surface area contributed by atoms with Crippen molar-refractivity contribution in [2.75, 3.05) is 24.5 Å². The average molecular weight is 234 g/mol. The van der Waals surface area contributed by atoms with Gasteiger partial charge in [0, 0.05) is 25.3 Å². The number of anilines is 1. The summed E-state index contributed by atoms with van der Waals surface area (Å²) < 4.78 is 0. The van der Waals surface area contributed by atoms with E-state index in [1.165, 1.54) is 11.3 Å². The molecule has 1 aliphatic heterocycles. The summed E-state index contributed by atoms with van der Waals surface area (Å²) >= 11 is 0. The summed E-state index contributed by atoms with van der Waals surface area (Å²) in [5, 5.41) is 13.1. The number of benzene rings is 1. The van der Waals surface area contributed by atoms with Gasteiger partial charge in [0.2, 0.25) is 0 Å². The second-order valence-electron chi connectivity index (χ2n) is 4.65. The Kier molecular flexibility index (Phi) is 4.40. The Morgan fingerprint density at radius 3 is 3.00 bits per heavy atom. The average Bonchev–Trinajstić information content (AvgIpc) is 2.37. The van der Waals surface area contributed by atoms with Gasteiger partial charge in [0.1, 0.15) is 0 Å². The fraction of sp³-hybridized carbons (Fsp3) is 0.571. The summed E-state index contributed by atoms with van der Waals surface area (Å²) in [5.41, 5.74) is 2.59. The van der Waals surface area contributed by atoms with Crippen molar-refractivity contribution in [1.82, 2.24) is 5.32 Å². The zero-order valence-corrected chi connectivity index (χ0v) is 10.5. The molecule has 0 bridgehead atoms. The van der Waals surface area contributed by atoms with E-state index in [1.807, 2.05) is 0 Å². The highest BCUT2D eigenvalue weighted by Crippen LogP contribution is 2.24. The topological polar surface area (TPSA) is 35.5 Å². The third-order valence-electron chi connectivity index (χ3n) is 3.29. The van der Waals surface area contributed by atoms with Crippen LogP contribution in [0.4, 0.5) is 5.69 Å². The van der Waals surface area contributed by atoms with Gasteiger partial charge in [-0.05, 0) is 31.0 Å². The van der Waals surface area contributed by atoms with Gasteiger partial charge >= 0.3 is 0 Å². The summed E-state index contributed by atoms with van der Waals surface area (Å²) in [6.07, 6.45) is 1.85. The van der Waals surface area contributed by atoms with Crippen LogP contribution in [0.1, 0.15) is 25.3 Å². The third-order valence-corrected chi connectivity index (χ3v) is 3.29. The van der Waals surface area contributed by atoms with Crippen LogP contribution in [0.2, 0.25) is 0 Å². The summed E-state index contributed by atoms with van der Waals surface area (Å²) in [7, 11) is 0. The van der Waals surface area contributed by atoms with Crippen molar-refractivity contribution < 1.29 is 5.11 Å². The van der Waals surface area contributed by atoms with Gasteiger partial charge in [0.15, 0.2) is 0 Å². The van der Waals surface area contributed by atoms with Crippen LogP contribution in [0, 0.1) is 0 Å². The first-order chi connectivity index (χ1) is 8.31. The SMILES string of the molecule is CCNCc1ccccc1N1CCCC(O)C1. The lowest BCUT2D eigenvalue weighted by Crippen LogP contribution is -2.38. The molecule has 3 heteroatoms. The first-order valence-corrected chi connectivity index (χ1v) is 6.53. The second kappa shape index (κ2) is 6.03. The normalized spacial score (nSPS) is 20.6. The molecule has 0 aromatic heterocycles. The maximum absolute atomic E-state index is 9.75. The zero-order chi connectivity index (χ0) is 12.1. The lowest BCUT2D eigenvalue weighted by atomic mass is 10.1. The Morgan fingerprint density at radius 1 is 1.41 bits per heavy atom. The lowest BCUT2D eigenvalue weighted by Gasteiger charge is -2.33. The minimum absolute atomic E-state index is 0.170. The number of aliphatic hydroxyl groups excluding tert-OH is 1. The molecule has 1 heterocycles. The van der Waals surface area contributed by atoms with E-state index in [4.69, 9.17) is 0 Å². The van der Waals surface area contributed by atoms with Crippen molar-refractivity contribution in [3.05, 3.63) is 29.8 Å². The Hall–Kier alpha value is -1.06. The molecule has 2 N–H and O–H groups in total. The highest BCUT2D eigenvalue weighted by Gasteiger charge is 2.19. The fourth-order valence-electron chi connectivity index (χ4n) is 2.40. The molecule has 0 aliphatic carbocycles. The Bertz CT molecular complexity index is 354. The number of aliphatic hydroxyl groups is 1. The first kappa shape index (κ1) is 12.4. The van der Waals surface area contributed by atoms with Gasteiger partial charge in [-0.2, -0.15) is 0 Å². The monoisotopic (exact) mass is 234 g/mol. The Balaban J connectivity index is 2.12. The Labute approximate surface area is 103 Å². The number of hydrogen-bond acceptors (Lipinski definition) is 3. The van der Waals surface area contributed by atoms with Gasteiger partial charge in [-0.15, -0.1) is 0 Å². The van der Waals surface area contributed by atoms with Crippen LogP contribution in [-0.4, -0.2) is 30.8 Å². The summed E-state index contributed by atoms with van der Waals surface area (Å²) in [5.74, 6) is 0. The predicted molar refractivity (Wildman–Crippen MR) is 71.3 cm³/mol. The largest absolute Gasteiger partial charge is 0.391 e. The number of nitrogens with zero attached hydrogens (tertiary/aromatic N) is 1. The zero-order valence-electron chi connectivity index (χ0n) is 10.5. The molecule has 0 amide bonds.